The Labute approximate surface area is 155 Å². The van der Waals surface area contributed by atoms with Crippen LogP contribution in [-0.2, 0) is 0 Å². The van der Waals surface area contributed by atoms with Crippen molar-refractivity contribution in [3.63, 3.8) is 0 Å². The topological polar surface area (TPSA) is 62.7 Å². The van der Waals surface area contributed by atoms with E-state index in [0.29, 0.717) is 33.5 Å². The first-order chi connectivity index (χ1) is 12.2. The molecule has 1 aromatic carbocycles. The standard InChI is InChI=1S/C18H15Cl2N5/c19-12-4-3-6-14(17(12)20)23-16-10-15(13-5-1-2-9-21-13)24-18(25-16)22-11-7-8-11/h1-6,9-11H,7-8H2,(H2,22,23,24,25). The second kappa shape index (κ2) is 6.86. The zero-order valence-electron chi connectivity index (χ0n) is 13.2. The molecule has 1 aliphatic carbocycles. The molecule has 126 valence electrons. The number of nitrogens with one attached hydrogen (secondary N) is 2. The van der Waals surface area contributed by atoms with Crippen LogP contribution in [0.15, 0.2) is 48.7 Å². The van der Waals surface area contributed by atoms with Gasteiger partial charge in [0.1, 0.15) is 5.82 Å². The average Bonchev–Trinajstić information content (AvgIpc) is 3.43. The number of nitrogens with zero attached hydrogens (tertiary/aromatic N) is 3. The van der Waals surface area contributed by atoms with E-state index in [0.717, 1.165) is 24.2 Å². The Hall–Kier alpha value is -2.37. The lowest BCUT2D eigenvalue weighted by molar-refractivity contribution is 1.05. The number of rotatable bonds is 5. The van der Waals surface area contributed by atoms with Crippen LogP contribution in [0.3, 0.4) is 0 Å². The molecule has 0 spiro atoms. The normalized spacial score (nSPS) is 13.5. The van der Waals surface area contributed by atoms with Gasteiger partial charge in [-0.2, -0.15) is 4.98 Å². The molecule has 0 aliphatic heterocycles. The Balaban J connectivity index is 1.71. The van der Waals surface area contributed by atoms with E-state index < -0.39 is 0 Å². The van der Waals surface area contributed by atoms with E-state index in [1.165, 1.54) is 0 Å². The summed E-state index contributed by atoms with van der Waals surface area (Å²) in [5, 5.41) is 7.50. The van der Waals surface area contributed by atoms with Gasteiger partial charge in [0.25, 0.3) is 0 Å². The van der Waals surface area contributed by atoms with E-state index in [1.807, 2.05) is 36.4 Å². The number of benzene rings is 1. The molecule has 5 nitrogen and oxygen atoms in total. The van der Waals surface area contributed by atoms with Crippen molar-refractivity contribution in [3.8, 4) is 11.4 Å². The zero-order valence-corrected chi connectivity index (χ0v) is 14.7. The van der Waals surface area contributed by atoms with Crippen molar-refractivity contribution in [1.29, 1.82) is 0 Å². The summed E-state index contributed by atoms with van der Waals surface area (Å²) in [4.78, 5) is 13.5. The van der Waals surface area contributed by atoms with Crippen LogP contribution in [0.2, 0.25) is 10.0 Å². The first-order valence-corrected chi connectivity index (χ1v) is 8.73. The monoisotopic (exact) mass is 371 g/mol. The van der Waals surface area contributed by atoms with Gasteiger partial charge in [-0.1, -0.05) is 35.3 Å². The van der Waals surface area contributed by atoms with Gasteiger partial charge in [-0.15, -0.1) is 0 Å². The van der Waals surface area contributed by atoms with Gasteiger partial charge in [0.2, 0.25) is 5.95 Å². The Bertz CT molecular complexity index is 897. The molecule has 1 aliphatic rings. The minimum Gasteiger partial charge on any atom is -0.351 e. The molecule has 1 fully saturated rings. The third kappa shape index (κ3) is 3.83. The van der Waals surface area contributed by atoms with Crippen molar-refractivity contribution in [2.24, 2.45) is 0 Å². The predicted octanol–water partition coefficient (Wildman–Crippen LogP) is 5.16. The maximum absolute atomic E-state index is 6.27. The number of anilines is 3. The van der Waals surface area contributed by atoms with Crippen LogP contribution in [0.4, 0.5) is 17.5 Å². The Kier molecular flexibility index (Phi) is 4.42. The highest BCUT2D eigenvalue weighted by Gasteiger charge is 2.22. The molecule has 2 N–H and O–H groups in total. The molecule has 1 saturated carbocycles. The number of hydrogen-bond donors (Lipinski definition) is 2. The van der Waals surface area contributed by atoms with Gasteiger partial charge in [0.05, 0.1) is 27.1 Å². The van der Waals surface area contributed by atoms with E-state index in [9.17, 15) is 0 Å². The van der Waals surface area contributed by atoms with E-state index in [1.54, 1.807) is 12.3 Å². The molecule has 7 heteroatoms. The van der Waals surface area contributed by atoms with Crippen LogP contribution in [0.1, 0.15) is 12.8 Å². The van der Waals surface area contributed by atoms with Gasteiger partial charge in [-0.05, 0) is 37.1 Å². The molecular weight excluding hydrogens is 357 g/mol. The Morgan fingerprint density at radius 3 is 2.60 bits per heavy atom. The summed E-state index contributed by atoms with van der Waals surface area (Å²) in [5.41, 5.74) is 2.21. The van der Waals surface area contributed by atoms with Gasteiger partial charge in [0.15, 0.2) is 0 Å². The summed E-state index contributed by atoms with van der Waals surface area (Å²) in [6.07, 6.45) is 4.02. The molecule has 4 rings (SSSR count). The summed E-state index contributed by atoms with van der Waals surface area (Å²) in [5.74, 6) is 1.20. The highest BCUT2D eigenvalue weighted by Crippen LogP contribution is 2.32. The minimum atomic E-state index is 0.446. The number of hydrogen-bond acceptors (Lipinski definition) is 5. The fraction of sp³-hybridized carbons (Fsp3) is 0.167. The van der Waals surface area contributed by atoms with Crippen molar-refractivity contribution < 1.29 is 0 Å². The summed E-state index contributed by atoms with van der Waals surface area (Å²) in [6.45, 7) is 0. The zero-order chi connectivity index (χ0) is 17.2. The molecule has 0 unspecified atom stereocenters. The van der Waals surface area contributed by atoms with Crippen LogP contribution < -0.4 is 10.6 Å². The quantitative estimate of drug-likeness (QED) is 0.648. The highest BCUT2D eigenvalue weighted by atomic mass is 35.5. The van der Waals surface area contributed by atoms with E-state index in [4.69, 9.17) is 23.2 Å². The second-order valence-electron chi connectivity index (χ2n) is 5.82. The highest BCUT2D eigenvalue weighted by molar-refractivity contribution is 6.43. The maximum atomic E-state index is 6.27. The van der Waals surface area contributed by atoms with Crippen LogP contribution in [0, 0.1) is 0 Å². The lowest BCUT2D eigenvalue weighted by Gasteiger charge is -2.12. The Morgan fingerprint density at radius 2 is 1.84 bits per heavy atom. The summed E-state index contributed by atoms with van der Waals surface area (Å²) < 4.78 is 0. The Morgan fingerprint density at radius 1 is 0.960 bits per heavy atom. The lowest BCUT2D eigenvalue weighted by Crippen LogP contribution is -2.08. The first kappa shape index (κ1) is 16.1. The molecule has 0 amide bonds. The van der Waals surface area contributed by atoms with Crippen molar-refractivity contribution in [3.05, 3.63) is 58.7 Å². The molecule has 2 aromatic heterocycles. The maximum Gasteiger partial charge on any atom is 0.225 e. The third-order valence-corrected chi connectivity index (χ3v) is 4.60. The van der Waals surface area contributed by atoms with Gasteiger partial charge < -0.3 is 10.6 Å². The summed E-state index contributed by atoms with van der Waals surface area (Å²) in [6, 6.07) is 13.4. The first-order valence-electron chi connectivity index (χ1n) is 7.97. The molecule has 2 heterocycles. The number of aromatic nitrogens is 3. The smallest absolute Gasteiger partial charge is 0.225 e. The number of halogens is 2. The van der Waals surface area contributed by atoms with Gasteiger partial charge >= 0.3 is 0 Å². The molecule has 0 saturated heterocycles. The molecule has 25 heavy (non-hydrogen) atoms. The van der Waals surface area contributed by atoms with Crippen LogP contribution in [0.25, 0.3) is 11.4 Å². The van der Waals surface area contributed by atoms with Crippen LogP contribution in [0.5, 0.6) is 0 Å². The molecular formula is C18H15Cl2N5. The van der Waals surface area contributed by atoms with Gasteiger partial charge in [-0.3, -0.25) is 4.98 Å². The van der Waals surface area contributed by atoms with E-state index >= 15 is 0 Å². The molecule has 0 radical (unpaired) electrons. The summed E-state index contributed by atoms with van der Waals surface area (Å²) >= 11 is 12.4. The number of pyridine rings is 1. The van der Waals surface area contributed by atoms with Gasteiger partial charge in [0, 0.05) is 18.3 Å². The molecule has 3 aromatic rings. The van der Waals surface area contributed by atoms with Crippen molar-refractivity contribution in [2.45, 2.75) is 18.9 Å². The van der Waals surface area contributed by atoms with E-state index in [2.05, 4.69) is 25.6 Å². The molecule has 0 atom stereocenters. The van der Waals surface area contributed by atoms with Crippen molar-refractivity contribution in [1.82, 2.24) is 15.0 Å². The van der Waals surface area contributed by atoms with Crippen LogP contribution >= 0.6 is 23.2 Å². The predicted molar refractivity (Wildman–Crippen MR) is 102 cm³/mol. The fourth-order valence-corrected chi connectivity index (χ4v) is 2.72. The summed E-state index contributed by atoms with van der Waals surface area (Å²) in [7, 11) is 0. The fourth-order valence-electron chi connectivity index (χ4n) is 2.37. The average molecular weight is 372 g/mol. The van der Waals surface area contributed by atoms with E-state index in [-0.39, 0.29) is 0 Å². The SMILES string of the molecule is Clc1cccc(Nc2cc(-c3ccccn3)nc(NC3CC3)n2)c1Cl. The second-order valence-corrected chi connectivity index (χ2v) is 6.61. The largest absolute Gasteiger partial charge is 0.351 e. The molecule has 0 bridgehead atoms. The van der Waals surface area contributed by atoms with Gasteiger partial charge in [-0.25, -0.2) is 4.98 Å². The van der Waals surface area contributed by atoms with Crippen molar-refractivity contribution in [2.75, 3.05) is 10.6 Å². The minimum absolute atomic E-state index is 0.446. The lowest BCUT2D eigenvalue weighted by atomic mass is 10.2. The third-order valence-electron chi connectivity index (χ3n) is 3.78. The van der Waals surface area contributed by atoms with Crippen LogP contribution in [-0.4, -0.2) is 21.0 Å². The van der Waals surface area contributed by atoms with Crippen molar-refractivity contribution >= 4 is 40.7 Å².